The first-order valence-electron chi connectivity index (χ1n) is 6.59. The molecule has 0 spiro atoms. The molecule has 0 saturated heterocycles. The number of nitrogens with one attached hydrogen (secondary N) is 2. The van der Waals surface area contributed by atoms with E-state index in [1.54, 1.807) is 5.57 Å². The van der Waals surface area contributed by atoms with Gasteiger partial charge in [-0.15, -0.1) is 0 Å². The van der Waals surface area contributed by atoms with E-state index in [4.69, 9.17) is 0 Å². The highest BCUT2D eigenvalue weighted by Crippen LogP contribution is 2.32. The van der Waals surface area contributed by atoms with Gasteiger partial charge in [0.1, 0.15) is 5.82 Å². The molecule has 0 fully saturated rings. The average molecular weight is 241 g/mol. The van der Waals surface area contributed by atoms with E-state index in [0.29, 0.717) is 5.92 Å². The molecular formula is C15H19N3. The van der Waals surface area contributed by atoms with Gasteiger partial charge in [-0.05, 0) is 43.0 Å². The first kappa shape index (κ1) is 11.5. The number of allylic oxidation sites excluding steroid dienone is 1. The fraction of sp³-hybridized carbons (Fsp3) is 0.400. The van der Waals surface area contributed by atoms with E-state index < -0.39 is 0 Å². The quantitative estimate of drug-likeness (QED) is 0.833. The minimum Gasteiger partial charge on any atom is -0.366 e. The van der Waals surface area contributed by atoms with Crippen LogP contribution in [-0.4, -0.2) is 25.1 Å². The summed E-state index contributed by atoms with van der Waals surface area (Å²) in [5, 5.41) is 6.76. The van der Waals surface area contributed by atoms with Gasteiger partial charge in [0, 0.05) is 19.3 Å². The van der Waals surface area contributed by atoms with E-state index in [1.165, 1.54) is 11.1 Å². The summed E-state index contributed by atoms with van der Waals surface area (Å²) in [7, 11) is 2.03. The Balaban J connectivity index is 1.95. The van der Waals surface area contributed by atoms with E-state index in [9.17, 15) is 0 Å². The van der Waals surface area contributed by atoms with Crippen LogP contribution in [0, 0.1) is 5.92 Å². The van der Waals surface area contributed by atoms with Crippen LogP contribution < -0.4 is 10.6 Å². The molecule has 2 heterocycles. The van der Waals surface area contributed by atoms with Crippen LogP contribution in [0.2, 0.25) is 0 Å². The van der Waals surface area contributed by atoms with Gasteiger partial charge in [-0.2, -0.15) is 0 Å². The van der Waals surface area contributed by atoms with Crippen molar-refractivity contribution in [2.24, 2.45) is 5.92 Å². The molecule has 2 N–H and O–H groups in total. The van der Waals surface area contributed by atoms with E-state index in [0.717, 1.165) is 31.7 Å². The lowest BCUT2D eigenvalue weighted by atomic mass is 9.84. The van der Waals surface area contributed by atoms with E-state index in [-0.39, 0.29) is 0 Å². The third-order valence-corrected chi connectivity index (χ3v) is 3.81. The van der Waals surface area contributed by atoms with Crippen molar-refractivity contribution in [3.8, 4) is 0 Å². The minimum atomic E-state index is 0.628. The molecule has 3 rings (SSSR count). The number of hydrogen-bond donors (Lipinski definition) is 2. The number of nitrogens with zero attached hydrogens (tertiary/aromatic N) is 1. The van der Waals surface area contributed by atoms with Gasteiger partial charge < -0.3 is 10.6 Å². The van der Waals surface area contributed by atoms with Crippen molar-refractivity contribution in [3.63, 3.8) is 0 Å². The van der Waals surface area contributed by atoms with Crippen LogP contribution in [0.3, 0.4) is 0 Å². The molecule has 0 radical (unpaired) electrons. The zero-order valence-corrected chi connectivity index (χ0v) is 10.7. The molecule has 1 aliphatic carbocycles. The molecule has 18 heavy (non-hydrogen) atoms. The monoisotopic (exact) mass is 241 g/mol. The number of fused-ring (bicyclic) bond motifs is 1. The minimum absolute atomic E-state index is 0.628. The molecule has 3 nitrogen and oxygen atoms in total. The van der Waals surface area contributed by atoms with E-state index >= 15 is 0 Å². The summed E-state index contributed by atoms with van der Waals surface area (Å²) in [4.78, 5) is 4.43. The highest BCUT2D eigenvalue weighted by molar-refractivity contribution is 5.52. The van der Waals surface area contributed by atoms with Crippen molar-refractivity contribution >= 4 is 5.82 Å². The Morgan fingerprint density at radius 2 is 2.44 bits per heavy atom. The van der Waals surface area contributed by atoms with Crippen molar-refractivity contribution in [2.45, 2.75) is 12.8 Å². The Morgan fingerprint density at radius 1 is 1.50 bits per heavy atom. The molecule has 0 amide bonds. The topological polar surface area (TPSA) is 37.0 Å². The maximum absolute atomic E-state index is 4.43. The van der Waals surface area contributed by atoms with Gasteiger partial charge in [0.15, 0.2) is 0 Å². The Labute approximate surface area is 108 Å². The Kier molecular flexibility index (Phi) is 3.15. The number of pyridine rings is 1. The molecule has 0 aromatic carbocycles. The maximum Gasteiger partial charge on any atom is 0.129 e. The SMILES string of the molecule is CNCC1CC=CC2=C1Cc1cccnc1NC2. The van der Waals surface area contributed by atoms with Crippen LogP contribution >= 0.6 is 0 Å². The second kappa shape index (κ2) is 4.94. The summed E-state index contributed by atoms with van der Waals surface area (Å²) in [6.45, 7) is 1.95. The first-order chi connectivity index (χ1) is 8.88. The van der Waals surface area contributed by atoms with Crippen LogP contribution in [-0.2, 0) is 6.42 Å². The molecule has 3 heteroatoms. The van der Waals surface area contributed by atoms with Crippen molar-refractivity contribution in [1.29, 1.82) is 0 Å². The lowest BCUT2D eigenvalue weighted by molar-refractivity contribution is 0.555. The van der Waals surface area contributed by atoms with Crippen LogP contribution in [0.5, 0.6) is 0 Å². The fourth-order valence-electron chi connectivity index (χ4n) is 2.89. The zero-order valence-electron chi connectivity index (χ0n) is 10.7. The van der Waals surface area contributed by atoms with Crippen LogP contribution in [0.15, 0.2) is 41.6 Å². The van der Waals surface area contributed by atoms with Gasteiger partial charge >= 0.3 is 0 Å². The number of anilines is 1. The average Bonchev–Trinajstić information content (AvgIpc) is 2.59. The highest BCUT2D eigenvalue weighted by atomic mass is 15.0. The standard InChI is InChI=1S/C15H19N3/c1-16-9-12-4-2-5-13-10-18-15-11(8-14(12)13)6-3-7-17-15/h2-3,5-7,12,16H,4,8-10H2,1H3,(H,17,18). The number of hydrogen-bond acceptors (Lipinski definition) is 3. The Morgan fingerprint density at radius 3 is 3.33 bits per heavy atom. The number of aromatic nitrogens is 1. The van der Waals surface area contributed by atoms with Gasteiger partial charge in [-0.3, -0.25) is 0 Å². The largest absolute Gasteiger partial charge is 0.366 e. The summed E-state index contributed by atoms with van der Waals surface area (Å²) >= 11 is 0. The molecule has 1 aliphatic heterocycles. The zero-order chi connectivity index (χ0) is 12.4. The normalized spacial score (nSPS) is 21.9. The van der Waals surface area contributed by atoms with Crippen LogP contribution in [0.1, 0.15) is 12.0 Å². The van der Waals surface area contributed by atoms with Gasteiger partial charge in [0.2, 0.25) is 0 Å². The van der Waals surface area contributed by atoms with Crippen LogP contribution in [0.4, 0.5) is 5.82 Å². The molecule has 94 valence electrons. The number of rotatable bonds is 2. The summed E-state index contributed by atoms with van der Waals surface area (Å²) < 4.78 is 0. The molecule has 0 bridgehead atoms. The molecule has 1 unspecified atom stereocenters. The van der Waals surface area contributed by atoms with Crippen molar-refractivity contribution in [1.82, 2.24) is 10.3 Å². The summed E-state index contributed by atoms with van der Waals surface area (Å²) in [5.41, 5.74) is 4.34. The second-order valence-electron chi connectivity index (χ2n) is 4.98. The van der Waals surface area contributed by atoms with Gasteiger partial charge in [-0.25, -0.2) is 4.98 Å². The third-order valence-electron chi connectivity index (χ3n) is 3.81. The highest BCUT2D eigenvalue weighted by Gasteiger charge is 2.23. The molecule has 1 atom stereocenters. The summed E-state index contributed by atoms with van der Waals surface area (Å²) in [5.74, 6) is 1.67. The van der Waals surface area contributed by atoms with Crippen molar-refractivity contribution in [2.75, 3.05) is 25.5 Å². The van der Waals surface area contributed by atoms with Crippen LogP contribution in [0.25, 0.3) is 0 Å². The lowest BCUT2D eigenvalue weighted by Gasteiger charge is -2.24. The van der Waals surface area contributed by atoms with Crippen molar-refractivity contribution in [3.05, 3.63) is 47.2 Å². The van der Waals surface area contributed by atoms with E-state index in [1.807, 2.05) is 19.3 Å². The van der Waals surface area contributed by atoms with Crippen molar-refractivity contribution < 1.29 is 0 Å². The molecular weight excluding hydrogens is 222 g/mol. The summed E-state index contributed by atoms with van der Waals surface area (Å²) in [6.07, 6.45) is 8.61. The molecule has 0 saturated carbocycles. The fourth-order valence-corrected chi connectivity index (χ4v) is 2.89. The van der Waals surface area contributed by atoms with Gasteiger partial charge in [-0.1, -0.05) is 23.8 Å². The molecule has 2 aliphatic rings. The Bertz CT molecular complexity index is 502. The van der Waals surface area contributed by atoms with Gasteiger partial charge in [0.05, 0.1) is 0 Å². The predicted molar refractivity (Wildman–Crippen MR) is 74.6 cm³/mol. The van der Waals surface area contributed by atoms with Gasteiger partial charge in [0.25, 0.3) is 0 Å². The third kappa shape index (κ3) is 2.06. The second-order valence-corrected chi connectivity index (χ2v) is 4.98. The Hall–Kier alpha value is -1.61. The van der Waals surface area contributed by atoms with E-state index in [2.05, 4.69) is 33.8 Å². The molecule has 1 aromatic heterocycles. The first-order valence-corrected chi connectivity index (χ1v) is 6.59. The predicted octanol–water partition coefficient (Wildman–Crippen LogP) is 2.14. The summed E-state index contributed by atoms with van der Waals surface area (Å²) in [6, 6.07) is 4.21. The molecule has 1 aromatic rings. The maximum atomic E-state index is 4.43. The lowest BCUT2D eigenvalue weighted by Crippen LogP contribution is -2.24. The smallest absolute Gasteiger partial charge is 0.129 e.